The smallest absolute Gasteiger partial charge is 0.153 e. The Morgan fingerprint density at radius 1 is 1.20 bits per heavy atom. The molecule has 0 aliphatic carbocycles. The van der Waals surface area contributed by atoms with Crippen molar-refractivity contribution >= 4 is 0 Å². The highest BCUT2D eigenvalue weighted by Gasteiger charge is 2.01. The van der Waals surface area contributed by atoms with Crippen LogP contribution in [0.3, 0.4) is 0 Å². The molecule has 0 saturated carbocycles. The highest BCUT2D eigenvalue weighted by atomic mass is 16.5. The van der Waals surface area contributed by atoms with Crippen LogP contribution in [0.2, 0.25) is 0 Å². The molecule has 0 aromatic heterocycles. The first-order valence-corrected chi connectivity index (χ1v) is 3.16. The molecule has 2 heteroatoms. The lowest BCUT2D eigenvalue weighted by Crippen LogP contribution is -2.03. The van der Waals surface area contributed by atoms with Crippen molar-refractivity contribution in [2.75, 3.05) is 7.11 Å². The highest BCUT2D eigenvalue weighted by Crippen LogP contribution is 2.09. The Labute approximate surface area is 62.1 Å². The van der Waals surface area contributed by atoms with E-state index in [0.717, 1.165) is 0 Å². The lowest BCUT2D eigenvalue weighted by Gasteiger charge is -2.12. The molecule has 0 bridgehead atoms. The van der Waals surface area contributed by atoms with Crippen LogP contribution in [0, 0.1) is 0 Å². The Balaban J connectivity index is 3.74. The molecule has 0 spiro atoms. The van der Waals surface area contributed by atoms with Crippen LogP contribution in [0.1, 0.15) is 13.8 Å². The first kappa shape index (κ1) is 9.08. The van der Waals surface area contributed by atoms with E-state index in [2.05, 4.69) is 13.2 Å². The van der Waals surface area contributed by atoms with E-state index in [0.29, 0.717) is 11.5 Å². The van der Waals surface area contributed by atoms with Gasteiger partial charge in [-0.2, -0.15) is 0 Å². The van der Waals surface area contributed by atoms with Gasteiger partial charge in [0.05, 0.1) is 13.2 Å². The van der Waals surface area contributed by atoms with Gasteiger partial charge in [-0.1, -0.05) is 13.2 Å². The summed E-state index contributed by atoms with van der Waals surface area (Å²) in [5.74, 6) is 0.978. The summed E-state index contributed by atoms with van der Waals surface area (Å²) in [6, 6.07) is 0. The number of rotatable bonds is 4. The van der Waals surface area contributed by atoms with Gasteiger partial charge in [0, 0.05) is 0 Å². The molecular formula is C8H14O2. The highest BCUT2D eigenvalue weighted by molar-refractivity contribution is 5.11. The summed E-state index contributed by atoms with van der Waals surface area (Å²) < 4.78 is 9.98. The van der Waals surface area contributed by atoms with E-state index in [4.69, 9.17) is 9.47 Å². The standard InChI is InChI=1S/C8H14O2/c1-6(2)10-8(4)7(3)9-5/h6H,3-4H2,1-2,5H3. The number of hydrogen-bond donors (Lipinski definition) is 0. The van der Waals surface area contributed by atoms with Gasteiger partial charge in [-0.25, -0.2) is 0 Å². The van der Waals surface area contributed by atoms with Crippen LogP contribution >= 0.6 is 0 Å². The van der Waals surface area contributed by atoms with Crippen LogP contribution in [-0.2, 0) is 9.47 Å². The van der Waals surface area contributed by atoms with Gasteiger partial charge in [0.15, 0.2) is 11.5 Å². The molecule has 0 unspecified atom stereocenters. The topological polar surface area (TPSA) is 18.5 Å². The molecule has 0 aromatic rings. The summed E-state index contributed by atoms with van der Waals surface area (Å²) in [5, 5.41) is 0. The van der Waals surface area contributed by atoms with E-state index < -0.39 is 0 Å². The number of methoxy groups -OCH3 is 1. The largest absolute Gasteiger partial charge is 0.494 e. The fourth-order valence-electron chi connectivity index (χ4n) is 0.464. The van der Waals surface area contributed by atoms with Crippen LogP contribution in [0.15, 0.2) is 24.7 Å². The summed E-state index contributed by atoms with van der Waals surface area (Å²) in [6.07, 6.45) is 0.124. The van der Waals surface area contributed by atoms with Crippen molar-refractivity contribution in [3.8, 4) is 0 Å². The van der Waals surface area contributed by atoms with Crippen molar-refractivity contribution in [3.05, 3.63) is 24.7 Å². The fraction of sp³-hybridized carbons (Fsp3) is 0.500. The lowest BCUT2D eigenvalue weighted by molar-refractivity contribution is 0.129. The molecule has 0 aliphatic heterocycles. The molecule has 0 fully saturated rings. The maximum Gasteiger partial charge on any atom is 0.153 e. The van der Waals surface area contributed by atoms with Crippen LogP contribution in [0.4, 0.5) is 0 Å². The predicted octanol–water partition coefficient (Wildman–Crippen LogP) is 2.09. The molecule has 0 saturated heterocycles. The normalized spacial score (nSPS) is 9.20. The van der Waals surface area contributed by atoms with E-state index in [-0.39, 0.29) is 6.10 Å². The van der Waals surface area contributed by atoms with Gasteiger partial charge in [0.2, 0.25) is 0 Å². The van der Waals surface area contributed by atoms with Crippen molar-refractivity contribution in [1.82, 2.24) is 0 Å². The molecule has 0 N–H and O–H groups in total. The van der Waals surface area contributed by atoms with E-state index in [1.807, 2.05) is 13.8 Å². The van der Waals surface area contributed by atoms with Crippen LogP contribution in [0.5, 0.6) is 0 Å². The van der Waals surface area contributed by atoms with Crippen molar-refractivity contribution in [2.45, 2.75) is 20.0 Å². The maximum absolute atomic E-state index is 5.18. The fourth-order valence-corrected chi connectivity index (χ4v) is 0.464. The molecule has 0 heterocycles. The molecule has 58 valence electrons. The lowest BCUT2D eigenvalue weighted by atomic mass is 10.4. The van der Waals surface area contributed by atoms with E-state index >= 15 is 0 Å². The molecule has 0 aliphatic rings. The number of hydrogen-bond acceptors (Lipinski definition) is 2. The Kier molecular flexibility index (Phi) is 3.62. The summed E-state index contributed by atoms with van der Waals surface area (Å²) in [6.45, 7) is 11.0. The average molecular weight is 142 g/mol. The van der Waals surface area contributed by atoms with Crippen molar-refractivity contribution < 1.29 is 9.47 Å². The molecule has 0 radical (unpaired) electrons. The predicted molar refractivity (Wildman–Crippen MR) is 41.5 cm³/mol. The SMILES string of the molecule is C=C(OC)C(=C)OC(C)C. The summed E-state index contributed by atoms with van der Waals surface area (Å²) >= 11 is 0. The zero-order valence-electron chi connectivity index (χ0n) is 6.81. The third-order valence-corrected chi connectivity index (χ3v) is 0.935. The monoisotopic (exact) mass is 142 g/mol. The minimum Gasteiger partial charge on any atom is -0.494 e. The van der Waals surface area contributed by atoms with Gasteiger partial charge >= 0.3 is 0 Å². The van der Waals surface area contributed by atoms with E-state index in [1.54, 1.807) is 0 Å². The first-order chi connectivity index (χ1) is 4.57. The van der Waals surface area contributed by atoms with Gasteiger partial charge in [-0.05, 0) is 13.8 Å². The molecule has 2 nitrogen and oxygen atoms in total. The van der Waals surface area contributed by atoms with Gasteiger partial charge in [0.25, 0.3) is 0 Å². The van der Waals surface area contributed by atoms with Gasteiger partial charge in [-0.15, -0.1) is 0 Å². The van der Waals surface area contributed by atoms with Crippen molar-refractivity contribution in [1.29, 1.82) is 0 Å². The molecule has 0 atom stereocenters. The van der Waals surface area contributed by atoms with Gasteiger partial charge in [-0.3, -0.25) is 0 Å². The summed E-state index contributed by atoms with van der Waals surface area (Å²) in [5.41, 5.74) is 0. The van der Waals surface area contributed by atoms with Crippen molar-refractivity contribution in [3.63, 3.8) is 0 Å². The van der Waals surface area contributed by atoms with Crippen LogP contribution < -0.4 is 0 Å². The molecular weight excluding hydrogens is 128 g/mol. The zero-order valence-corrected chi connectivity index (χ0v) is 6.81. The Morgan fingerprint density at radius 3 is 2.00 bits per heavy atom. The van der Waals surface area contributed by atoms with Gasteiger partial charge < -0.3 is 9.47 Å². The third kappa shape index (κ3) is 3.17. The molecule has 0 rings (SSSR count). The van der Waals surface area contributed by atoms with E-state index in [9.17, 15) is 0 Å². The third-order valence-electron chi connectivity index (χ3n) is 0.935. The summed E-state index contributed by atoms with van der Waals surface area (Å²) in [4.78, 5) is 0. The summed E-state index contributed by atoms with van der Waals surface area (Å²) in [7, 11) is 1.54. The second-order valence-corrected chi connectivity index (χ2v) is 2.22. The van der Waals surface area contributed by atoms with Crippen molar-refractivity contribution in [2.24, 2.45) is 0 Å². The zero-order chi connectivity index (χ0) is 8.15. The maximum atomic E-state index is 5.18. The van der Waals surface area contributed by atoms with Gasteiger partial charge in [0.1, 0.15) is 0 Å². The minimum absolute atomic E-state index is 0.124. The second-order valence-electron chi connectivity index (χ2n) is 2.22. The Morgan fingerprint density at radius 2 is 1.70 bits per heavy atom. The minimum atomic E-state index is 0.124. The molecule has 0 aromatic carbocycles. The number of ether oxygens (including phenoxy) is 2. The Bertz CT molecular complexity index is 136. The average Bonchev–Trinajstić information content (AvgIpc) is 1.85. The second kappa shape index (κ2) is 3.99. The first-order valence-electron chi connectivity index (χ1n) is 3.16. The van der Waals surface area contributed by atoms with Crippen LogP contribution in [-0.4, -0.2) is 13.2 Å². The Hall–Kier alpha value is -0.920. The molecule has 10 heavy (non-hydrogen) atoms. The van der Waals surface area contributed by atoms with Crippen LogP contribution in [0.25, 0.3) is 0 Å². The molecule has 0 amide bonds. The van der Waals surface area contributed by atoms with E-state index in [1.165, 1.54) is 7.11 Å². The quantitative estimate of drug-likeness (QED) is 0.442.